The van der Waals surface area contributed by atoms with Gasteiger partial charge in [0, 0.05) is 17.8 Å². The van der Waals surface area contributed by atoms with Gasteiger partial charge in [-0.25, -0.2) is 14.6 Å². The van der Waals surface area contributed by atoms with Crippen molar-refractivity contribution in [3.8, 4) is 17.4 Å². The molecule has 2 aromatic heterocycles. The number of Topliss-reactive ketones (excluding diaryl/α,β-unsaturated/α-hetero) is 1. The van der Waals surface area contributed by atoms with Crippen LogP contribution in [0.3, 0.4) is 0 Å². The van der Waals surface area contributed by atoms with Crippen LogP contribution in [0, 0.1) is 20.8 Å². The van der Waals surface area contributed by atoms with E-state index >= 15 is 0 Å². The second kappa shape index (κ2) is 7.31. The molecule has 0 radical (unpaired) electrons. The molecule has 7 heteroatoms. The maximum Gasteiger partial charge on any atom is 0.251 e. The molecule has 0 amide bonds. The van der Waals surface area contributed by atoms with Crippen LogP contribution in [0.15, 0.2) is 24.3 Å². The Kier molecular flexibility index (Phi) is 4.82. The van der Waals surface area contributed by atoms with Crippen LogP contribution in [-0.2, 0) is 6.42 Å². The summed E-state index contributed by atoms with van der Waals surface area (Å²) in [7, 11) is 3.22. The lowest BCUT2D eigenvalue weighted by Crippen LogP contribution is -2.21. The zero-order valence-corrected chi connectivity index (χ0v) is 17.3. The van der Waals surface area contributed by atoms with Gasteiger partial charge in [-0.15, -0.1) is 0 Å². The molecule has 0 fully saturated rings. The number of aryl methyl sites for hydroxylation is 3. The maximum absolute atomic E-state index is 13.0. The molecule has 1 aliphatic carbocycles. The second-order valence-electron chi connectivity index (χ2n) is 7.41. The summed E-state index contributed by atoms with van der Waals surface area (Å²) in [4.78, 5) is 22.1. The molecule has 0 aliphatic heterocycles. The predicted octanol–water partition coefficient (Wildman–Crippen LogP) is 3.52. The highest BCUT2D eigenvalue weighted by atomic mass is 16.5. The van der Waals surface area contributed by atoms with Gasteiger partial charge in [0.25, 0.3) is 5.95 Å². The summed E-state index contributed by atoms with van der Waals surface area (Å²) in [5.41, 5.74) is 5.06. The molecule has 1 aliphatic rings. The number of fused-ring (bicyclic) bond motifs is 1. The van der Waals surface area contributed by atoms with Crippen molar-refractivity contribution in [2.75, 3.05) is 14.2 Å². The molecule has 1 aromatic carbocycles. The number of aromatic nitrogens is 4. The van der Waals surface area contributed by atoms with E-state index in [1.807, 2.05) is 45.0 Å². The Morgan fingerprint density at radius 2 is 1.66 bits per heavy atom. The lowest BCUT2D eigenvalue weighted by Gasteiger charge is -2.23. The SMILES string of the molecule is COc1ccc(C2CC(=O)c3c(C)nn(-c4nc(C)cc(C)n4)c3C2)cc1OC. The van der Waals surface area contributed by atoms with E-state index in [-0.39, 0.29) is 11.7 Å². The smallest absolute Gasteiger partial charge is 0.251 e. The zero-order valence-electron chi connectivity index (χ0n) is 17.3. The van der Waals surface area contributed by atoms with E-state index in [1.54, 1.807) is 18.9 Å². The van der Waals surface area contributed by atoms with Crippen molar-refractivity contribution in [3.63, 3.8) is 0 Å². The van der Waals surface area contributed by atoms with Crippen molar-refractivity contribution in [3.05, 3.63) is 58.2 Å². The Labute approximate surface area is 169 Å². The largest absolute Gasteiger partial charge is 0.493 e. The monoisotopic (exact) mass is 392 g/mol. The third-order valence-corrected chi connectivity index (χ3v) is 5.35. The first kappa shape index (κ1) is 19.1. The van der Waals surface area contributed by atoms with Crippen molar-refractivity contribution >= 4 is 5.78 Å². The zero-order chi connectivity index (χ0) is 20.7. The van der Waals surface area contributed by atoms with Crippen LogP contribution < -0.4 is 9.47 Å². The molecular formula is C22H24N4O3. The summed E-state index contributed by atoms with van der Waals surface area (Å²) in [5, 5.41) is 4.61. The van der Waals surface area contributed by atoms with Crippen molar-refractivity contribution in [2.45, 2.75) is 39.5 Å². The fourth-order valence-corrected chi connectivity index (χ4v) is 4.07. The number of ether oxygens (including phenoxy) is 2. The Bertz CT molecular complexity index is 1080. The fourth-order valence-electron chi connectivity index (χ4n) is 4.07. The first-order chi connectivity index (χ1) is 13.9. The van der Waals surface area contributed by atoms with Crippen LogP contribution in [0.2, 0.25) is 0 Å². The predicted molar refractivity (Wildman–Crippen MR) is 108 cm³/mol. The summed E-state index contributed by atoms with van der Waals surface area (Å²) in [6.45, 7) is 5.73. The third-order valence-electron chi connectivity index (χ3n) is 5.35. The van der Waals surface area contributed by atoms with E-state index in [0.29, 0.717) is 35.9 Å². The van der Waals surface area contributed by atoms with Gasteiger partial charge in [0.2, 0.25) is 0 Å². The van der Waals surface area contributed by atoms with Gasteiger partial charge in [-0.2, -0.15) is 5.10 Å². The Hall–Kier alpha value is -3.22. The Morgan fingerprint density at radius 1 is 0.966 bits per heavy atom. The number of benzene rings is 1. The minimum atomic E-state index is 0.0237. The van der Waals surface area contributed by atoms with E-state index in [0.717, 1.165) is 28.3 Å². The number of methoxy groups -OCH3 is 2. The number of carbonyl (C=O) groups excluding carboxylic acids is 1. The molecule has 0 spiro atoms. The quantitative estimate of drug-likeness (QED) is 0.676. The molecule has 0 saturated heterocycles. The van der Waals surface area contributed by atoms with Crippen LogP contribution in [0.25, 0.3) is 5.95 Å². The standard InChI is InChI=1S/C22H24N4O3/c1-12-8-13(2)24-22(23-12)26-17-9-16(10-18(27)21(17)14(3)25-26)15-6-7-19(28-4)20(11-15)29-5/h6-8,11,16H,9-10H2,1-5H3. The molecule has 3 aromatic rings. The number of hydrogen-bond donors (Lipinski definition) is 0. The summed E-state index contributed by atoms with van der Waals surface area (Å²) in [6.07, 6.45) is 1.11. The molecule has 7 nitrogen and oxygen atoms in total. The van der Waals surface area contributed by atoms with E-state index in [2.05, 4.69) is 15.1 Å². The van der Waals surface area contributed by atoms with Gasteiger partial charge in [0.15, 0.2) is 17.3 Å². The molecule has 29 heavy (non-hydrogen) atoms. The van der Waals surface area contributed by atoms with Gasteiger partial charge in [0.05, 0.1) is 31.2 Å². The molecule has 0 bridgehead atoms. The molecule has 1 atom stereocenters. The van der Waals surface area contributed by atoms with Gasteiger partial charge in [-0.3, -0.25) is 4.79 Å². The lowest BCUT2D eigenvalue weighted by molar-refractivity contribution is 0.0963. The minimum Gasteiger partial charge on any atom is -0.493 e. The Morgan fingerprint density at radius 3 is 2.31 bits per heavy atom. The normalized spacial score (nSPS) is 15.9. The second-order valence-corrected chi connectivity index (χ2v) is 7.41. The molecule has 2 heterocycles. The van der Waals surface area contributed by atoms with Gasteiger partial charge >= 0.3 is 0 Å². The number of rotatable bonds is 4. The average Bonchev–Trinajstić information content (AvgIpc) is 3.03. The van der Waals surface area contributed by atoms with Crippen LogP contribution in [0.4, 0.5) is 0 Å². The van der Waals surface area contributed by atoms with Crippen molar-refractivity contribution < 1.29 is 14.3 Å². The fraction of sp³-hybridized carbons (Fsp3) is 0.364. The van der Waals surface area contributed by atoms with E-state index < -0.39 is 0 Å². The molecule has 0 saturated carbocycles. The van der Waals surface area contributed by atoms with Crippen molar-refractivity contribution in [1.82, 2.24) is 19.7 Å². The van der Waals surface area contributed by atoms with Gasteiger partial charge < -0.3 is 9.47 Å². The maximum atomic E-state index is 13.0. The highest BCUT2D eigenvalue weighted by molar-refractivity contribution is 6.00. The van der Waals surface area contributed by atoms with E-state index in [4.69, 9.17) is 9.47 Å². The van der Waals surface area contributed by atoms with Crippen LogP contribution in [0.5, 0.6) is 11.5 Å². The number of hydrogen-bond acceptors (Lipinski definition) is 6. The van der Waals surface area contributed by atoms with Gasteiger partial charge in [-0.1, -0.05) is 6.07 Å². The van der Waals surface area contributed by atoms with Crippen LogP contribution in [-0.4, -0.2) is 39.8 Å². The summed E-state index contributed by atoms with van der Waals surface area (Å²) >= 11 is 0. The van der Waals surface area contributed by atoms with E-state index in [9.17, 15) is 4.79 Å². The van der Waals surface area contributed by atoms with E-state index in [1.165, 1.54) is 0 Å². The number of carbonyl (C=O) groups is 1. The highest BCUT2D eigenvalue weighted by Crippen LogP contribution is 2.38. The minimum absolute atomic E-state index is 0.0237. The first-order valence-electron chi connectivity index (χ1n) is 9.57. The number of nitrogens with zero attached hydrogens (tertiary/aromatic N) is 4. The summed E-state index contributed by atoms with van der Waals surface area (Å²) < 4.78 is 12.5. The van der Waals surface area contributed by atoms with Gasteiger partial charge in [-0.05, 0) is 56.9 Å². The summed E-state index contributed by atoms with van der Waals surface area (Å²) in [5.74, 6) is 1.96. The highest BCUT2D eigenvalue weighted by Gasteiger charge is 2.33. The molecule has 150 valence electrons. The molecule has 0 N–H and O–H groups in total. The van der Waals surface area contributed by atoms with Crippen LogP contribution >= 0.6 is 0 Å². The molecule has 4 rings (SSSR count). The summed E-state index contributed by atoms with van der Waals surface area (Å²) in [6, 6.07) is 7.74. The molecule has 1 unspecified atom stereocenters. The Balaban J connectivity index is 1.78. The van der Waals surface area contributed by atoms with Gasteiger partial charge in [0.1, 0.15) is 0 Å². The van der Waals surface area contributed by atoms with Crippen molar-refractivity contribution in [2.24, 2.45) is 0 Å². The molecular weight excluding hydrogens is 368 g/mol. The topological polar surface area (TPSA) is 79.1 Å². The average molecular weight is 392 g/mol. The number of ketones is 1. The first-order valence-corrected chi connectivity index (χ1v) is 9.57. The van der Waals surface area contributed by atoms with Crippen LogP contribution in [0.1, 0.15) is 51.0 Å². The third kappa shape index (κ3) is 3.37. The lowest BCUT2D eigenvalue weighted by atomic mass is 9.81. The van der Waals surface area contributed by atoms with Crippen molar-refractivity contribution in [1.29, 1.82) is 0 Å².